The summed E-state index contributed by atoms with van der Waals surface area (Å²) in [4.78, 5) is 23.7. The second-order valence-electron chi connectivity index (χ2n) is 6.71. The van der Waals surface area contributed by atoms with Crippen molar-refractivity contribution in [1.82, 2.24) is 0 Å². The molecule has 1 aromatic carbocycles. The molecule has 7 heteroatoms. The molecular weight excluding hydrogens is 321 g/mol. The number of fused-ring (bicyclic) bond motifs is 2. The normalized spacial score (nSPS) is 25.6. The minimum absolute atomic E-state index is 0.00667. The molecule has 0 spiro atoms. The Morgan fingerprint density at radius 1 is 1.08 bits per heavy atom. The first-order valence-corrected chi connectivity index (χ1v) is 8.03. The van der Waals surface area contributed by atoms with Crippen LogP contribution >= 0.6 is 0 Å². The lowest BCUT2D eigenvalue weighted by molar-refractivity contribution is -0.137. The van der Waals surface area contributed by atoms with Gasteiger partial charge in [-0.05, 0) is 49.3 Å². The number of hydrogen-bond acceptors (Lipinski definition) is 2. The van der Waals surface area contributed by atoms with Crippen molar-refractivity contribution in [2.45, 2.75) is 38.8 Å². The number of alkyl halides is 3. The number of rotatable bonds is 3. The number of carbonyl (C=O) groups excluding carboxylic acids is 2. The lowest BCUT2D eigenvalue weighted by Gasteiger charge is -2.22. The van der Waals surface area contributed by atoms with Crippen LogP contribution < -0.4 is 10.6 Å². The third-order valence-electron chi connectivity index (χ3n) is 4.99. The minimum atomic E-state index is -4.51. The van der Waals surface area contributed by atoms with Crippen molar-refractivity contribution in [2.24, 2.45) is 17.8 Å². The van der Waals surface area contributed by atoms with Crippen LogP contribution in [0.2, 0.25) is 0 Å². The molecular formula is C17H19F3N2O2. The van der Waals surface area contributed by atoms with Gasteiger partial charge in [-0.1, -0.05) is 6.42 Å². The van der Waals surface area contributed by atoms with E-state index in [1.165, 1.54) is 13.0 Å². The molecule has 2 saturated carbocycles. The SMILES string of the molecule is CC(=O)Nc1ccc(C(F)(F)F)cc1NC(=O)[C@H]1C[C@H]2CC[C@H]1C2. The topological polar surface area (TPSA) is 58.2 Å². The van der Waals surface area contributed by atoms with E-state index in [9.17, 15) is 22.8 Å². The fourth-order valence-corrected chi connectivity index (χ4v) is 3.91. The molecule has 1 aromatic rings. The van der Waals surface area contributed by atoms with Crippen molar-refractivity contribution in [1.29, 1.82) is 0 Å². The predicted octanol–water partition coefficient (Wildman–Crippen LogP) is 4.04. The van der Waals surface area contributed by atoms with Crippen LogP contribution in [0.3, 0.4) is 0 Å². The predicted molar refractivity (Wildman–Crippen MR) is 83.3 cm³/mol. The summed E-state index contributed by atoms with van der Waals surface area (Å²) >= 11 is 0. The van der Waals surface area contributed by atoms with Crippen LogP contribution in [0.4, 0.5) is 24.5 Å². The highest BCUT2D eigenvalue weighted by Gasteiger charge is 2.43. The molecule has 3 atom stereocenters. The van der Waals surface area contributed by atoms with Gasteiger partial charge in [0.25, 0.3) is 0 Å². The Bertz CT molecular complexity index is 672. The maximum absolute atomic E-state index is 12.9. The molecule has 2 fully saturated rings. The summed E-state index contributed by atoms with van der Waals surface area (Å²) in [6.07, 6.45) is -0.552. The van der Waals surface area contributed by atoms with Crippen LogP contribution in [-0.2, 0) is 15.8 Å². The summed E-state index contributed by atoms with van der Waals surface area (Å²) in [6, 6.07) is 2.93. The van der Waals surface area contributed by atoms with Gasteiger partial charge in [0.1, 0.15) is 0 Å². The number of halogens is 3. The summed E-state index contributed by atoms with van der Waals surface area (Å²) < 4.78 is 38.8. The maximum atomic E-state index is 12.9. The number of carbonyl (C=O) groups is 2. The maximum Gasteiger partial charge on any atom is 0.416 e. The van der Waals surface area contributed by atoms with Crippen molar-refractivity contribution >= 4 is 23.2 Å². The van der Waals surface area contributed by atoms with Gasteiger partial charge in [-0.2, -0.15) is 13.2 Å². The summed E-state index contributed by atoms with van der Waals surface area (Å²) in [5.74, 6) is 0.0638. The van der Waals surface area contributed by atoms with Gasteiger partial charge in [0.05, 0.1) is 16.9 Å². The smallest absolute Gasteiger partial charge is 0.325 e. The fraction of sp³-hybridized carbons (Fsp3) is 0.529. The standard InChI is InChI=1S/C17H19F3N2O2/c1-9(23)21-14-5-4-12(17(18,19)20)8-15(14)22-16(24)13-7-10-2-3-11(13)6-10/h4-5,8,10-11,13H,2-3,6-7H2,1H3,(H,21,23)(H,22,24)/t10-,11-,13-/m0/s1. The van der Waals surface area contributed by atoms with Gasteiger partial charge in [0.15, 0.2) is 0 Å². The summed E-state index contributed by atoms with van der Waals surface area (Å²) in [5.41, 5.74) is -0.695. The molecule has 2 amide bonds. The van der Waals surface area contributed by atoms with Crippen LogP contribution in [0.25, 0.3) is 0 Å². The molecule has 0 aromatic heterocycles. The molecule has 0 unspecified atom stereocenters. The van der Waals surface area contributed by atoms with Gasteiger partial charge in [0.2, 0.25) is 11.8 Å². The Morgan fingerprint density at radius 3 is 2.38 bits per heavy atom. The Balaban J connectivity index is 1.83. The third-order valence-corrected chi connectivity index (χ3v) is 4.99. The second-order valence-corrected chi connectivity index (χ2v) is 6.71. The van der Waals surface area contributed by atoms with Gasteiger partial charge in [-0.3, -0.25) is 9.59 Å². The van der Waals surface area contributed by atoms with Crippen molar-refractivity contribution in [3.05, 3.63) is 23.8 Å². The number of benzene rings is 1. The molecule has 0 radical (unpaired) electrons. The van der Waals surface area contributed by atoms with Crippen LogP contribution in [0, 0.1) is 17.8 Å². The second kappa shape index (κ2) is 6.11. The Hall–Kier alpha value is -2.05. The number of nitrogens with one attached hydrogen (secondary N) is 2. The zero-order valence-corrected chi connectivity index (χ0v) is 13.2. The van der Waals surface area contributed by atoms with Crippen molar-refractivity contribution in [2.75, 3.05) is 10.6 Å². The third kappa shape index (κ3) is 3.39. The van der Waals surface area contributed by atoms with Crippen LogP contribution in [-0.4, -0.2) is 11.8 Å². The Labute approximate surface area is 137 Å². The molecule has 2 aliphatic rings. The van der Waals surface area contributed by atoms with Crippen molar-refractivity contribution < 1.29 is 22.8 Å². The monoisotopic (exact) mass is 340 g/mol. The largest absolute Gasteiger partial charge is 0.416 e. The van der Waals surface area contributed by atoms with E-state index in [1.54, 1.807) is 0 Å². The summed E-state index contributed by atoms with van der Waals surface area (Å²) in [6.45, 7) is 1.26. The Kier molecular flexibility index (Phi) is 4.27. The summed E-state index contributed by atoms with van der Waals surface area (Å²) in [5, 5.41) is 5.06. The van der Waals surface area contributed by atoms with E-state index in [1.807, 2.05) is 0 Å². The van der Waals surface area contributed by atoms with Gasteiger partial charge < -0.3 is 10.6 Å². The molecule has 130 valence electrons. The van der Waals surface area contributed by atoms with E-state index in [0.29, 0.717) is 11.8 Å². The van der Waals surface area contributed by atoms with E-state index in [2.05, 4.69) is 10.6 Å². The molecule has 2 bridgehead atoms. The average Bonchev–Trinajstić information content (AvgIpc) is 3.10. The van der Waals surface area contributed by atoms with Gasteiger partial charge in [-0.25, -0.2) is 0 Å². The lowest BCUT2D eigenvalue weighted by atomic mass is 9.88. The van der Waals surface area contributed by atoms with Crippen LogP contribution in [0.15, 0.2) is 18.2 Å². The van der Waals surface area contributed by atoms with Gasteiger partial charge >= 0.3 is 6.18 Å². The number of anilines is 2. The van der Waals surface area contributed by atoms with Gasteiger partial charge in [0, 0.05) is 12.8 Å². The molecule has 0 heterocycles. The van der Waals surface area contributed by atoms with E-state index in [4.69, 9.17) is 0 Å². The zero-order chi connectivity index (χ0) is 17.5. The molecule has 4 nitrogen and oxygen atoms in total. The average molecular weight is 340 g/mol. The van der Waals surface area contributed by atoms with E-state index in [-0.39, 0.29) is 23.2 Å². The molecule has 24 heavy (non-hydrogen) atoms. The van der Waals surface area contributed by atoms with E-state index in [0.717, 1.165) is 37.8 Å². The number of amides is 2. The van der Waals surface area contributed by atoms with Crippen molar-refractivity contribution in [3.8, 4) is 0 Å². The highest BCUT2D eigenvalue weighted by Crippen LogP contribution is 2.48. The van der Waals surface area contributed by atoms with Crippen LogP contribution in [0.1, 0.15) is 38.2 Å². The molecule has 0 saturated heterocycles. The number of hydrogen-bond donors (Lipinski definition) is 2. The zero-order valence-electron chi connectivity index (χ0n) is 13.2. The van der Waals surface area contributed by atoms with E-state index < -0.39 is 17.6 Å². The fourth-order valence-electron chi connectivity index (χ4n) is 3.91. The van der Waals surface area contributed by atoms with Crippen molar-refractivity contribution in [3.63, 3.8) is 0 Å². The molecule has 2 N–H and O–H groups in total. The summed E-state index contributed by atoms with van der Waals surface area (Å²) in [7, 11) is 0. The minimum Gasteiger partial charge on any atom is -0.325 e. The highest BCUT2D eigenvalue weighted by atomic mass is 19.4. The van der Waals surface area contributed by atoms with Crippen LogP contribution in [0.5, 0.6) is 0 Å². The highest BCUT2D eigenvalue weighted by molar-refractivity contribution is 6.00. The molecule has 0 aliphatic heterocycles. The first-order chi connectivity index (χ1) is 11.2. The first kappa shape index (κ1) is 16.8. The quantitative estimate of drug-likeness (QED) is 0.872. The molecule has 2 aliphatic carbocycles. The first-order valence-electron chi connectivity index (χ1n) is 8.03. The molecule has 3 rings (SSSR count). The Morgan fingerprint density at radius 2 is 1.83 bits per heavy atom. The van der Waals surface area contributed by atoms with Gasteiger partial charge in [-0.15, -0.1) is 0 Å². The lowest BCUT2D eigenvalue weighted by Crippen LogP contribution is -2.28. The van der Waals surface area contributed by atoms with E-state index >= 15 is 0 Å².